The maximum absolute atomic E-state index is 12.4. The Labute approximate surface area is 166 Å². The Kier molecular flexibility index (Phi) is 6.86. The van der Waals surface area contributed by atoms with Crippen LogP contribution in [0.2, 0.25) is 5.02 Å². The summed E-state index contributed by atoms with van der Waals surface area (Å²) in [6, 6.07) is 12.3. The number of carbonyl (C=O) groups excluding carboxylic acids is 1. The van der Waals surface area contributed by atoms with Gasteiger partial charge in [0.15, 0.2) is 0 Å². The lowest BCUT2D eigenvalue weighted by Crippen LogP contribution is -2.39. The van der Waals surface area contributed by atoms with E-state index in [1.807, 2.05) is 30.0 Å². The van der Waals surface area contributed by atoms with Crippen LogP contribution in [0.25, 0.3) is 0 Å². The molecule has 27 heavy (non-hydrogen) atoms. The van der Waals surface area contributed by atoms with Gasteiger partial charge < -0.3 is 9.64 Å². The van der Waals surface area contributed by atoms with Gasteiger partial charge in [0, 0.05) is 42.5 Å². The molecule has 3 rings (SSSR count). The highest BCUT2D eigenvalue weighted by molar-refractivity contribution is 6.30. The lowest BCUT2D eigenvalue weighted by atomic mass is 9.92. The van der Waals surface area contributed by atoms with Crippen LogP contribution in [0.3, 0.4) is 0 Å². The van der Waals surface area contributed by atoms with Crippen molar-refractivity contribution in [2.75, 3.05) is 26.8 Å². The average molecular weight is 387 g/mol. The van der Waals surface area contributed by atoms with E-state index >= 15 is 0 Å². The lowest BCUT2D eigenvalue weighted by Gasteiger charge is -2.33. The Hall–Kier alpha value is -1.91. The summed E-state index contributed by atoms with van der Waals surface area (Å²) in [6.07, 6.45) is 3.37. The number of likely N-dealkylation sites (tertiary alicyclic amines) is 1. The largest absolute Gasteiger partial charge is 0.384 e. The number of rotatable bonds is 6. The molecule has 1 amide bonds. The third kappa shape index (κ3) is 5.53. The predicted octanol–water partition coefficient (Wildman–Crippen LogP) is 4.38. The van der Waals surface area contributed by atoms with Gasteiger partial charge in [-0.15, -0.1) is 0 Å². The van der Waals surface area contributed by atoms with Gasteiger partial charge in [-0.1, -0.05) is 23.7 Å². The van der Waals surface area contributed by atoms with Gasteiger partial charge in [-0.05, 0) is 61.6 Å². The first-order chi connectivity index (χ1) is 13.0. The van der Waals surface area contributed by atoms with Crippen molar-refractivity contribution in [3.63, 3.8) is 0 Å². The first kappa shape index (κ1) is 19.8. The molecule has 2 heterocycles. The van der Waals surface area contributed by atoms with E-state index in [9.17, 15) is 4.79 Å². The third-order valence-corrected chi connectivity index (χ3v) is 5.28. The summed E-state index contributed by atoms with van der Waals surface area (Å²) in [5.74, 6) is 0.469. The molecule has 1 aliphatic rings. The molecule has 0 N–H and O–H groups in total. The van der Waals surface area contributed by atoms with Crippen LogP contribution in [0.5, 0.6) is 0 Å². The summed E-state index contributed by atoms with van der Waals surface area (Å²) >= 11 is 6.12. The van der Waals surface area contributed by atoms with Crippen LogP contribution in [-0.2, 0) is 16.0 Å². The van der Waals surface area contributed by atoms with Gasteiger partial charge in [-0.25, -0.2) is 0 Å². The summed E-state index contributed by atoms with van der Waals surface area (Å²) < 4.78 is 5.04. The molecule has 0 saturated carbocycles. The molecule has 5 heteroatoms. The SMILES string of the molecule is COCCC(=O)N1CCC[C@@H](c2cc(Cc3cccc(Cl)c3)cc(C)n2)C1. The van der Waals surface area contributed by atoms with E-state index in [2.05, 4.69) is 18.2 Å². The average Bonchev–Trinajstić information content (AvgIpc) is 2.66. The molecule has 2 aromatic rings. The van der Waals surface area contributed by atoms with E-state index in [1.54, 1.807) is 7.11 Å². The molecule has 1 aromatic carbocycles. The summed E-state index contributed by atoms with van der Waals surface area (Å²) in [6.45, 7) is 4.09. The van der Waals surface area contributed by atoms with E-state index in [1.165, 1.54) is 11.1 Å². The minimum atomic E-state index is 0.174. The Balaban J connectivity index is 1.74. The van der Waals surface area contributed by atoms with Gasteiger partial charge in [0.1, 0.15) is 0 Å². The fraction of sp³-hybridized carbons (Fsp3) is 0.455. The second kappa shape index (κ2) is 9.34. The summed E-state index contributed by atoms with van der Waals surface area (Å²) in [5.41, 5.74) is 4.55. The molecule has 1 atom stereocenters. The van der Waals surface area contributed by atoms with E-state index in [4.69, 9.17) is 21.3 Å². The monoisotopic (exact) mass is 386 g/mol. The molecule has 0 bridgehead atoms. The van der Waals surface area contributed by atoms with Crippen LogP contribution in [0.4, 0.5) is 0 Å². The standard InChI is InChI=1S/C22H27ClN2O2/c1-16-11-18(12-17-5-3-7-20(23)13-17)14-21(24-16)19-6-4-9-25(15-19)22(26)8-10-27-2/h3,5,7,11,13-14,19H,4,6,8-10,12,15H2,1-2H3/t19-/m1/s1. The first-order valence-corrected chi connectivity index (χ1v) is 9.91. The molecular weight excluding hydrogens is 360 g/mol. The molecule has 0 radical (unpaired) electrons. The Morgan fingerprint density at radius 1 is 1.30 bits per heavy atom. The number of methoxy groups -OCH3 is 1. The fourth-order valence-electron chi connectivity index (χ4n) is 3.75. The second-order valence-electron chi connectivity index (χ2n) is 7.27. The number of hydrogen-bond acceptors (Lipinski definition) is 3. The Morgan fingerprint density at radius 3 is 2.93 bits per heavy atom. The van der Waals surface area contributed by atoms with Crippen molar-refractivity contribution < 1.29 is 9.53 Å². The molecule has 1 fully saturated rings. The number of benzene rings is 1. The predicted molar refractivity (Wildman–Crippen MR) is 108 cm³/mol. The number of aryl methyl sites for hydroxylation is 1. The van der Waals surface area contributed by atoms with Crippen molar-refractivity contribution >= 4 is 17.5 Å². The van der Waals surface area contributed by atoms with Gasteiger partial charge >= 0.3 is 0 Å². The van der Waals surface area contributed by atoms with E-state index < -0.39 is 0 Å². The highest BCUT2D eigenvalue weighted by Gasteiger charge is 2.25. The van der Waals surface area contributed by atoms with Crippen molar-refractivity contribution in [3.8, 4) is 0 Å². The third-order valence-electron chi connectivity index (χ3n) is 5.04. The van der Waals surface area contributed by atoms with Crippen molar-refractivity contribution in [2.24, 2.45) is 0 Å². The number of ether oxygens (including phenoxy) is 1. The van der Waals surface area contributed by atoms with Crippen molar-refractivity contribution in [1.29, 1.82) is 0 Å². The van der Waals surface area contributed by atoms with Crippen LogP contribution in [0, 0.1) is 6.92 Å². The molecule has 0 aliphatic carbocycles. The number of carbonyl (C=O) groups is 1. The normalized spacial score (nSPS) is 17.1. The zero-order chi connectivity index (χ0) is 19.2. The second-order valence-corrected chi connectivity index (χ2v) is 7.71. The van der Waals surface area contributed by atoms with E-state index in [0.29, 0.717) is 18.9 Å². The number of aromatic nitrogens is 1. The molecule has 0 unspecified atom stereocenters. The molecule has 1 aliphatic heterocycles. The molecule has 1 aromatic heterocycles. The number of halogens is 1. The smallest absolute Gasteiger partial charge is 0.224 e. The summed E-state index contributed by atoms with van der Waals surface area (Å²) in [4.78, 5) is 19.1. The number of piperidine rings is 1. The number of pyridine rings is 1. The number of amides is 1. The van der Waals surface area contributed by atoms with Crippen LogP contribution in [0.1, 0.15) is 47.7 Å². The lowest BCUT2D eigenvalue weighted by molar-refractivity contribution is -0.133. The van der Waals surface area contributed by atoms with Crippen LogP contribution in [-0.4, -0.2) is 42.6 Å². The first-order valence-electron chi connectivity index (χ1n) is 9.54. The van der Waals surface area contributed by atoms with Crippen molar-refractivity contribution in [2.45, 2.75) is 38.5 Å². The van der Waals surface area contributed by atoms with Gasteiger partial charge in [0.05, 0.1) is 13.0 Å². The molecule has 4 nitrogen and oxygen atoms in total. The molecule has 144 valence electrons. The van der Waals surface area contributed by atoms with E-state index in [0.717, 1.165) is 48.8 Å². The van der Waals surface area contributed by atoms with Crippen LogP contribution >= 0.6 is 11.6 Å². The van der Waals surface area contributed by atoms with Crippen LogP contribution < -0.4 is 0 Å². The minimum Gasteiger partial charge on any atom is -0.384 e. The van der Waals surface area contributed by atoms with Gasteiger partial charge in [-0.3, -0.25) is 9.78 Å². The van der Waals surface area contributed by atoms with Gasteiger partial charge in [0.2, 0.25) is 5.91 Å². The molecular formula is C22H27ClN2O2. The zero-order valence-corrected chi connectivity index (χ0v) is 16.8. The number of hydrogen-bond donors (Lipinski definition) is 0. The minimum absolute atomic E-state index is 0.174. The van der Waals surface area contributed by atoms with Crippen LogP contribution in [0.15, 0.2) is 36.4 Å². The summed E-state index contributed by atoms with van der Waals surface area (Å²) in [5, 5.41) is 0.760. The Morgan fingerprint density at radius 2 is 2.15 bits per heavy atom. The molecule has 0 spiro atoms. The Bertz CT molecular complexity index is 794. The van der Waals surface area contributed by atoms with Crippen molar-refractivity contribution in [1.82, 2.24) is 9.88 Å². The maximum Gasteiger partial charge on any atom is 0.224 e. The highest BCUT2D eigenvalue weighted by Crippen LogP contribution is 2.27. The maximum atomic E-state index is 12.4. The van der Waals surface area contributed by atoms with Crippen molar-refractivity contribution in [3.05, 3.63) is 63.9 Å². The topological polar surface area (TPSA) is 42.4 Å². The highest BCUT2D eigenvalue weighted by atomic mass is 35.5. The quantitative estimate of drug-likeness (QED) is 0.740. The number of nitrogens with zero attached hydrogens (tertiary/aromatic N) is 2. The van der Waals surface area contributed by atoms with Gasteiger partial charge in [0.25, 0.3) is 0 Å². The fourth-order valence-corrected chi connectivity index (χ4v) is 3.97. The molecule has 1 saturated heterocycles. The van der Waals surface area contributed by atoms with E-state index in [-0.39, 0.29) is 5.91 Å². The van der Waals surface area contributed by atoms with Gasteiger partial charge in [-0.2, -0.15) is 0 Å². The zero-order valence-electron chi connectivity index (χ0n) is 16.1. The summed E-state index contributed by atoms with van der Waals surface area (Å²) in [7, 11) is 1.63.